The van der Waals surface area contributed by atoms with Gasteiger partial charge < -0.3 is 5.73 Å². The second kappa shape index (κ2) is 5.09. The van der Waals surface area contributed by atoms with Crippen molar-refractivity contribution in [2.75, 3.05) is 5.73 Å². The first-order valence-corrected chi connectivity index (χ1v) is 6.68. The van der Waals surface area contributed by atoms with E-state index < -0.39 is 0 Å². The first-order valence-electron chi connectivity index (χ1n) is 6.68. The molecular weight excluding hydrogens is 208 g/mol. The monoisotopic (exact) mass is 232 g/mol. The summed E-state index contributed by atoms with van der Waals surface area (Å²) in [6, 6.07) is 7.70. The second-order valence-corrected chi connectivity index (χ2v) is 5.50. The highest BCUT2D eigenvalue weighted by molar-refractivity contribution is 5.48. The Morgan fingerprint density at radius 1 is 1.24 bits per heavy atom. The van der Waals surface area contributed by atoms with Gasteiger partial charge in [-0.1, -0.05) is 24.1 Å². The zero-order valence-corrected chi connectivity index (χ0v) is 11.2. The molecule has 1 aliphatic rings. The molecule has 1 heterocycles. The molecule has 1 aromatic carbocycles. The molecule has 0 spiro atoms. The molecule has 1 aromatic rings. The fraction of sp³-hybridized carbons (Fsp3) is 0.600. The number of anilines is 1. The van der Waals surface area contributed by atoms with Crippen molar-refractivity contribution in [1.29, 1.82) is 0 Å². The minimum atomic E-state index is 0.679. The number of hydrogen-bond donors (Lipinski definition) is 1. The maximum atomic E-state index is 6.07. The summed E-state index contributed by atoms with van der Waals surface area (Å²) in [7, 11) is 0. The van der Waals surface area contributed by atoms with Crippen LogP contribution in [0.25, 0.3) is 0 Å². The van der Waals surface area contributed by atoms with Crippen LogP contribution in [-0.2, 0) is 6.54 Å². The lowest BCUT2D eigenvalue weighted by Gasteiger charge is -2.39. The van der Waals surface area contributed by atoms with Gasteiger partial charge in [-0.15, -0.1) is 0 Å². The molecule has 1 saturated heterocycles. The molecule has 2 nitrogen and oxygen atoms in total. The van der Waals surface area contributed by atoms with Crippen molar-refractivity contribution in [2.24, 2.45) is 0 Å². The maximum Gasteiger partial charge on any atom is 0.0359 e. The van der Waals surface area contributed by atoms with Crippen LogP contribution in [0.15, 0.2) is 18.2 Å². The number of benzene rings is 1. The lowest BCUT2D eigenvalue weighted by atomic mass is 9.96. The number of hydrogen-bond acceptors (Lipinski definition) is 2. The zero-order valence-electron chi connectivity index (χ0n) is 11.2. The quantitative estimate of drug-likeness (QED) is 0.792. The molecule has 0 amide bonds. The average molecular weight is 232 g/mol. The van der Waals surface area contributed by atoms with Crippen LogP contribution >= 0.6 is 0 Å². The van der Waals surface area contributed by atoms with Crippen molar-refractivity contribution in [1.82, 2.24) is 4.90 Å². The van der Waals surface area contributed by atoms with E-state index in [2.05, 4.69) is 37.8 Å². The molecule has 0 saturated carbocycles. The summed E-state index contributed by atoms with van der Waals surface area (Å²) in [6.45, 7) is 7.80. The van der Waals surface area contributed by atoms with Gasteiger partial charge in [-0.05, 0) is 45.2 Å². The highest BCUT2D eigenvalue weighted by atomic mass is 15.2. The molecule has 2 rings (SSSR count). The molecule has 1 fully saturated rings. The Kier molecular flexibility index (Phi) is 3.72. The van der Waals surface area contributed by atoms with Crippen molar-refractivity contribution in [3.8, 4) is 0 Å². The molecule has 1 aliphatic heterocycles. The molecular formula is C15H24N2. The van der Waals surface area contributed by atoms with E-state index in [1.807, 2.05) is 6.07 Å². The minimum absolute atomic E-state index is 0.679. The van der Waals surface area contributed by atoms with Gasteiger partial charge in [0.15, 0.2) is 0 Å². The molecule has 2 N–H and O–H groups in total. The van der Waals surface area contributed by atoms with Crippen LogP contribution in [0.1, 0.15) is 44.2 Å². The van der Waals surface area contributed by atoms with Crippen LogP contribution in [0.3, 0.4) is 0 Å². The molecule has 0 aromatic heterocycles. The third-order valence-electron chi connectivity index (χ3n) is 4.03. The van der Waals surface area contributed by atoms with Gasteiger partial charge in [0.05, 0.1) is 0 Å². The molecule has 2 atom stereocenters. The van der Waals surface area contributed by atoms with Crippen molar-refractivity contribution in [2.45, 2.75) is 58.7 Å². The zero-order chi connectivity index (χ0) is 12.4. The normalized spacial score (nSPS) is 26.1. The number of nitrogens with zero attached hydrogens (tertiary/aromatic N) is 1. The summed E-state index contributed by atoms with van der Waals surface area (Å²) in [5.74, 6) is 0. The summed E-state index contributed by atoms with van der Waals surface area (Å²) in [6.07, 6.45) is 3.99. The van der Waals surface area contributed by atoms with Gasteiger partial charge in [0.2, 0.25) is 0 Å². The van der Waals surface area contributed by atoms with E-state index >= 15 is 0 Å². The predicted octanol–water partition coefficient (Wildman–Crippen LogP) is 3.34. The molecule has 2 heteroatoms. The highest BCUT2D eigenvalue weighted by Gasteiger charge is 2.24. The van der Waals surface area contributed by atoms with Gasteiger partial charge in [0.1, 0.15) is 0 Å². The third kappa shape index (κ3) is 2.81. The summed E-state index contributed by atoms with van der Waals surface area (Å²) in [5.41, 5.74) is 9.58. The summed E-state index contributed by atoms with van der Waals surface area (Å²) in [4.78, 5) is 2.59. The van der Waals surface area contributed by atoms with Crippen LogP contribution in [0, 0.1) is 6.92 Å². The van der Waals surface area contributed by atoms with Crippen molar-refractivity contribution in [3.05, 3.63) is 29.3 Å². The Bertz CT molecular complexity index is 377. The summed E-state index contributed by atoms with van der Waals surface area (Å²) < 4.78 is 0. The molecule has 0 radical (unpaired) electrons. The van der Waals surface area contributed by atoms with Crippen LogP contribution < -0.4 is 5.73 Å². The van der Waals surface area contributed by atoms with E-state index in [1.54, 1.807) is 0 Å². The Labute approximate surface area is 105 Å². The maximum absolute atomic E-state index is 6.07. The van der Waals surface area contributed by atoms with Crippen molar-refractivity contribution < 1.29 is 0 Å². The molecule has 0 bridgehead atoms. The van der Waals surface area contributed by atoms with Crippen LogP contribution in [-0.4, -0.2) is 17.0 Å². The van der Waals surface area contributed by atoms with Gasteiger partial charge in [-0.25, -0.2) is 0 Å². The smallest absolute Gasteiger partial charge is 0.0359 e. The Balaban J connectivity index is 2.16. The lowest BCUT2D eigenvalue weighted by Crippen LogP contribution is -2.43. The van der Waals surface area contributed by atoms with Crippen molar-refractivity contribution in [3.63, 3.8) is 0 Å². The fourth-order valence-corrected chi connectivity index (χ4v) is 2.85. The van der Waals surface area contributed by atoms with Crippen LogP contribution in [0.4, 0.5) is 5.69 Å². The highest BCUT2D eigenvalue weighted by Crippen LogP contribution is 2.26. The number of nitrogen functional groups attached to an aromatic ring is 1. The van der Waals surface area contributed by atoms with Gasteiger partial charge in [-0.2, -0.15) is 0 Å². The Morgan fingerprint density at radius 2 is 1.88 bits per heavy atom. The van der Waals surface area contributed by atoms with Crippen LogP contribution in [0.2, 0.25) is 0 Å². The fourth-order valence-electron chi connectivity index (χ4n) is 2.85. The van der Waals surface area contributed by atoms with Gasteiger partial charge in [0.25, 0.3) is 0 Å². The number of piperidine rings is 1. The van der Waals surface area contributed by atoms with E-state index in [0.717, 1.165) is 12.2 Å². The molecule has 0 unspecified atom stereocenters. The molecule has 0 aliphatic carbocycles. The first-order chi connectivity index (χ1) is 8.08. The number of nitrogens with two attached hydrogens (primary N) is 1. The third-order valence-corrected chi connectivity index (χ3v) is 4.03. The minimum Gasteiger partial charge on any atom is -0.398 e. The number of rotatable bonds is 2. The summed E-state index contributed by atoms with van der Waals surface area (Å²) >= 11 is 0. The Morgan fingerprint density at radius 3 is 2.53 bits per heavy atom. The standard InChI is InChI=1S/C15H24N2/c1-11-7-8-15(16)14(9-11)10-17-12(2)5-4-6-13(17)3/h7-9,12-13H,4-6,10,16H2,1-3H3/t12-,13+. The number of aryl methyl sites for hydroxylation is 1. The van der Waals surface area contributed by atoms with E-state index in [-0.39, 0.29) is 0 Å². The lowest BCUT2D eigenvalue weighted by molar-refractivity contribution is 0.0955. The van der Waals surface area contributed by atoms with Gasteiger partial charge in [0, 0.05) is 24.3 Å². The van der Waals surface area contributed by atoms with Gasteiger partial charge >= 0.3 is 0 Å². The molecule has 94 valence electrons. The topological polar surface area (TPSA) is 29.3 Å². The van der Waals surface area contributed by atoms with Crippen molar-refractivity contribution >= 4 is 5.69 Å². The predicted molar refractivity (Wildman–Crippen MR) is 73.9 cm³/mol. The molecule has 17 heavy (non-hydrogen) atoms. The summed E-state index contributed by atoms with van der Waals surface area (Å²) in [5, 5.41) is 0. The Hall–Kier alpha value is -1.02. The van der Waals surface area contributed by atoms with E-state index in [1.165, 1.54) is 30.4 Å². The SMILES string of the molecule is Cc1ccc(N)c(CN2[C@H](C)CCC[C@@H]2C)c1. The van der Waals surface area contributed by atoms with E-state index in [9.17, 15) is 0 Å². The van der Waals surface area contributed by atoms with Gasteiger partial charge in [-0.3, -0.25) is 4.90 Å². The van der Waals surface area contributed by atoms with Crippen LogP contribution in [0.5, 0.6) is 0 Å². The van der Waals surface area contributed by atoms with E-state index in [0.29, 0.717) is 12.1 Å². The number of likely N-dealkylation sites (tertiary alicyclic amines) is 1. The van der Waals surface area contributed by atoms with E-state index in [4.69, 9.17) is 5.73 Å². The first kappa shape index (κ1) is 12.4. The largest absolute Gasteiger partial charge is 0.398 e. The average Bonchev–Trinajstić information content (AvgIpc) is 2.28. The second-order valence-electron chi connectivity index (χ2n) is 5.50.